The van der Waals surface area contributed by atoms with Crippen molar-refractivity contribution in [1.29, 1.82) is 0 Å². The molecule has 0 saturated carbocycles. The predicted molar refractivity (Wildman–Crippen MR) is 107 cm³/mol. The van der Waals surface area contributed by atoms with Crippen molar-refractivity contribution in [2.45, 2.75) is 19.8 Å². The van der Waals surface area contributed by atoms with Crippen LogP contribution in [0.2, 0.25) is 0 Å². The van der Waals surface area contributed by atoms with E-state index in [4.69, 9.17) is 4.74 Å². The molecule has 0 aliphatic heterocycles. The van der Waals surface area contributed by atoms with Gasteiger partial charge in [0.25, 0.3) is 5.91 Å². The Morgan fingerprint density at radius 3 is 2.67 bits per heavy atom. The van der Waals surface area contributed by atoms with Crippen LogP contribution in [0.3, 0.4) is 0 Å². The molecule has 0 aliphatic carbocycles. The van der Waals surface area contributed by atoms with E-state index < -0.39 is 0 Å². The maximum atomic E-state index is 12.6. The Morgan fingerprint density at radius 2 is 1.89 bits per heavy atom. The van der Waals surface area contributed by atoms with Gasteiger partial charge in [0, 0.05) is 23.6 Å². The predicted octanol–water partition coefficient (Wildman–Crippen LogP) is 4.60. The third-order valence-corrected chi connectivity index (χ3v) is 4.05. The number of rotatable bonds is 6. The fourth-order valence-electron chi connectivity index (χ4n) is 2.68. The molecule has 2 N–H and O–H groups in total. The van der Waals surface area contributed by atoms with Crippen molar-refractivity contribution in [2.75, 3.05) is 17.7 Å². The number of aromatic nitrogens is 2. The number of hydrogen-bond acceptors (Lipinski definition) is 5. The fraction of sp³-hybridized carbons (Fsp3) is 0.190. The van der Waals surface area contributed by atoms with Crippen LogP contribution >= 0.6 is 0 Å². The summed E-state index contributed by atoms with van der Waals surface area (Å²) in [5.74, 6) is 1.09. The molecule has 0 aliphatic rings. The minimum Gasteiger partial charge on any atom is -0.497 e. The van der Waals surface area contributed by atoms with Crippen molar-refractivity contribution < 1.29 is 9.53 Å². The largest absolute Gasteiger partial charge is 0.497 e. The lowest BCUT2D eigenvalue weighted by molar-refractivity contribution is 0.102. The Bertz CT molecular complexity index is 941. The zero-order chi connectivity index (χ0) is 19.2. The maximum absolute atomic E-state index is 12.6. The first-order chi connectivity index (χ1) is 13.1. The van der Waals surface area contributed by atoms with E-state index >= 15 is 0 Å². The number of hydrogen-bond donors (Lipinski definition) is 2. The van der Waals surface area contributed by atoms with Crippen LogP contribution in [0.25, 0.3) is 0 Å². The monoisotopic (exact) mass is 362 g/mol. The number of nitrogens with zero attached hydrogens (tertiary/aromatic N) is 2. The first-order valence-corrected chi connectivity index (χ1v) is 8.71. The SMILES string of the molecule is COc1cccc(Nc2nccc(C(=O)Nc3ccccc3C(C)C)n2)c1. The molecule has 0 bridgehead atoms. The Labute approximate surface area is 158 Å². The number of amides is 1. The normalized spacial score (nSPS) is 10.5. The highest BCUT2D eigenvalue weighted by Crippen LogP contribution is 2.24. The Morgan fingerprint density at radius 1 is 1.07 bits per heavy atom. The molecule has 6 heteroatoms. The van der Waals surface area contributed by atoms with Gasteiger partial charge in [-0.3, -0.25) is 4.79 Å². The van der Waals surface area contributed by atoms with Gasteiger partial charge < -0.3 is 15.4 Å². The van der Waals surface area contributed by atoms with Gasteiger partial charge in [-0.25, -0.2) is 9.97 Å². The summed E-state index contributed by atoms with van der Waals surface area (Å²) in [7, 11) is 1.61. The third kappa shape index (κ3) is 4.61. The van der Waals surface area contributed by atoms with Gasteiger partial charge in [0.1, 0.15) is 11.4 Å². The lowest BCUT2D eigenvalue weighted by atomic mass is 10.0. The smallest absolute Gasteiger partial charge is 0.274 e. The second kappa shape index (κ2) is 8.31. The fourth-order valence-corrected chi connectivity index (χ4v) is 2.68. The summed E-state index contributed by atoms with van der Waals surface area (Å²) >= 11 is 0. The topological polar surface area (TPSA) is 76.1 Å². The van der Waals surface area contributed by atoms with Crippen LogP contribution < -0.4 is 15.4 Å². The van der Waals surface area contributed by atoms with E-state index in [1.807, 2.05) is 48.5 Å². The summed E-state index contributed by atoms with van der Waals surface area (Å²) in [6.45, 7) is 4.18. The van der Waals surface area contributed by atoms with Crippen molar-refractivity contribution >= 4 is 23.2 Å². The van der Waals surface area contributed by atoms with Crippen molar-refractivity contribution in [2.24, 2.45) is 0 Å². The zero-order valence-corrected chi connectivity index (χ0v) is 15.6. The lowest BCUT2D eigenvalue weighted by Crippen LogP contribution is -2.16. The van der Waals surface area contributed by atoms with E-state index in [1.165, 1.54) is 0 Å². The van der Waals surface area contributed by atoms with E-state index in [2.05, 4.69) is 34.4 Å². The van der Waals surface area contributed by atoms with Gasteiger partial charge in [-0.1, -0.05) is 38.1 Å². The van der Waals surface area contributed by atoms with Crippen molar-refractivity contribution in [3.8, 4) is 5.75 Å². The van der Waals surface area contributed by atoms with Gasteiger partial charge in [0.2, 0.25) is 5.95 Å². The molecule has 3 rings (SSSR count). The van der Waals surface area contributed by atoms with Crippen LogP contribution in [0, 0.1) is 0 Å². The minimum absolute atomic E-state index is 0.279. The average molecular weight is 362 g/mol. The number of carbonyl (C=O) groups excluding carboxylic acids is 1. The number of carbonyl (C=O) groups is 1. The number of ether oxygens (including phenoxy) is 1. The average Bonchev–Trinajstić information content (AvgIpc) is 2.68. The summed E-state index contributed by atoms with van der Waals surface area (Å²) in [5.41, 5.74) is 2.93. The molecule has 0 unspecified atom stereocenters. The van der Waals surface area contributed by atoms with Crippen LogP contribution in [0.15, 0.2) is 60.8 Å². The van der Waals surface area contributed by atoms with Gasteiger partial charge in [0.15, 0.2) is 0 Å². The molecule has 3 aromatic rings. The molecule has 0 fully saturated rings. The molecular formula is C21H22N4O2. The molecule has 0 spiro atoms. The summed E-state index contributed by atoms with van der Waals surface area (Å²) in [4.78, 5) is 21.1. The number of para-hydroxylation sites is 1. The summed E-state index contributed by atoms with van der Waals surface area (Å²) in [6.07, 6.45) is 1.55. The van der Waals surface area contributed by atoms with E-state index in [-0.39, 0.29) is 11.6 Å². The van der Waals surface area contributed by atoms with Crippen LogP contribution in [-0.4, -0.2) is 23.0 Å². The molecule has 1 heterocycles. The highest BCUT2D eigenvalue weighted by atomic mass is 16.5. The van der Waals surface area contributed by atoms with E-state index in [0.717, 1.165) is 22.7 Å². The van der Waals surface area contributed by atoms with Gasteiger partial charge in [0.05, 0.1) is 7.11 Å². The van der Waals surface area contributed by atoms with E-state index in [9.17, 15) is 4.79 Å². The van der Waals surface area contributed by atoms with Crippen LogP contribution in [0.1, 0.15) is 35.8 Å². The van der Waals surface area contributed by atoms with E-state index in [1.54, 1.807) is 19.4 Å². The van der Waals surface area contributed by atoms with Crippen molar-refractivity contribution in [1.82, 2.24) is 9.97 Å². The van der Waals surface area contributed by atoms with Crippen LogP contribution in [0.5, 0.6) is 5.75 Å². The molecule has 1 amide bonds. The minimum atomic E-state index is -0.279. The van der Waals surface area contributed by atoms with Crippen LogP contribution in [-0.2, 0) is 0 Å². The quantitative estimate of drug-likeness (QED) is 0.670. The summed E-state index contributed by atoms with van der Waals surface area (Å²) in [6, 6.07) is 16.8. The maximum Gasteiger partial charge on any atom is 0.274 e. The first kappa shape index (κ1) is 18.4. The molecule has 0 radical (unpaired) electrons. The van der Waals surface area contributed by atoms with Crippen LogP contribution in [0.4, 0.5) is 17.3 Å². The Balaban J connectivity index is 1.78. The van der Waals surface area contributed by atoms with Gasteiger partial charge in [-0.15, -0.1) is 0 Å². The number of benzene rings is 2. The highest BCUT2D eigenvalue weighted by Gasteiger charge is 2.13. The molecule has 6 nitrogen and oxygen atoms in total. The Kier molecular flexibility index (Phi) is 5.66. The summed E-state index contributed by atoms with van der Waals surface area (Å²) < 4.78 is 5.21. The second-order valence-corrected chi connectivity index (χ2v) is 6.32. The molecule has 138 valence electrons. The zero-order valence-electron chi connectivity index (χ0n) is 15.6. The van der Waals surface area contributed by atoms with E-state index in [0.29, 0.717) is 11.9 Å². The van der Waals surface area contributed by atoms with Gasteiger partial charge in [-0.2, -0.15) is 0 Å². The molecule has 0 saturated heterocycles. The first-order valence-electron chi connectivity index (χ1n) is 8.71. The highest BCUT2D eigenvalue weighted by molar-refractivity contribution is 6.03. The Hall–Kier alpha value is -3.41. The third-order valence-electron chi connectivity index (χ3n) is 4.05. The summed E-state index contributed by atoms with van der Waals surface area (Å²) in [5, 5.41) is 6.03. The standard InChI is InChI=1S/C21H22N4O2/c1-14(2)17-9-4-5-10-18(17)24-20(26)19-11-12-22-21(25-19)23-15-7-6-8-16(13-15)27-3/h4-14H,1-3H3,(H,24,26)(H,22,23,25). The molecule has 1 aromatic heterocycles. The van der Waals surface area contributed by atoms with Crippen molar-refractivity contribution in [3.05, 3.63) is 72.1 Å². The molecule has 0 atom stereocenters. The number of methoxy groups -OCH3 is 1. The van der Waals surface area contributed by atoms with Crippen molar-refractivity contribution in [3.63, 3.8) is 0 Å². The molecular weight excluding hydrogens is 340 g/mol. The molecule has 27 heavy (non-hydrogen) atoms. The second-order valence-electron chi connectivity index (χ2n) is 6.32. The lowest BCUT2D eigenvalue weighted by Gasteiger charge is -2.13. The number of anilines is 3. The number of nitrogens with one attached hydrogen (secondary N) is 2. The molecule has 2 aromatic carbocycles. The van der Waals surface area contributed by atoms with Gasteiger partial charge >= 0.3 is 0 Å². The van der Waals surface area contributed by atoms with Gasteiger partial charge in [-0.05, 0) is 35.7 Å².